The van der Waals surface area contributed by atoms with Crippen LogP contribution in [0.15, 0.2) is 11.4 Å². The van der Waals surface area contributed by atoms with Gasteiger partial charge in [0, 0.05) is 12.0 Å². The normalized spacial score (nSPS) is 17.4. The van der Waals surface area contributed by atoms with Gasteiger partial charge in [-0.05, 0) is 37.3 Å². The molecule has 1 heterocycles. The maximum atomic E-state index is 5.64. The third kappa shape index (κ3) is 2.39. The van der Waals surface area contributed by atoms with Crippen LogP contribution in [0.2, 0.25) is 0 Å². The van der Waals surface area contributed by atoms with Crippen molar-refractivity contribution in [2.24, 2.45) is 5.84 Å². The summed E-state index contributed by atoms with van der Waals surface area (Å²) in [7, 11) is 1.73. The average Bonchev–Trinajstić information content (AvgIpc) is 2.66. The highest BCUT2D eigenvalue weighted by Gasteiger charge is 2.34. The lowest BCUT2D eigenvalue weighted by molar-refractivity contribution is -0.0300. The zero-order chi connectivity index (χ0) is 11.5. The summed E-state index contributed by atoms with van der Waals surface area (Å²) in [6, 6.07) is 2.15. The summed E-state index contributed by atoms with van der Waals surface area (Å²) in [6.45, 7) is 6.29. The van der Waals surface area contributed by atoms with E-state index in [4.69, 9.17) is 10.6 Å². The first-order valence-electron chi connectivity index (χ1n) is 5.14. The van der Waals surface area contributed by atoms with Crippen LogP contribution in [0.3, 0.4) is 0 Å². The Balaban J connectivity index is 3.03. The molecule has 3 N–H and O–H groups in total. The molecule has 0 radical (unpaired) electrons. The van der Waals surface area contributed by atoms with Crippen LogP contribution in [0.4, 0.5) is 0 Å². The fraction of sp³-hybridized carbons (Fsp3) is 0.636. The van der Waals surface area contributed by atoms with Gasteiger partial charge in [0.15, 0.2) is 0 Å². The number of hydrogen-bond donors (Lipinski definition) is 2. The smallest absolute Gasteiger partial charge is 0.0855 e. The van der Waals surface area contributed by atoms with Crippen molar-refractivity contribution < 1.29 is 4.74 Å². The molecular weight excluding hydrogens is 208 g/mol. The highest BCUT2D eigenvalue weighted by Crippen LogP contribution is 2.34. The summed E-state index contributed by atoms with van der Waals surface area (Å²) in [5.74, 6) is 5.64. The molecule has 0 saturated carbocycles. The second-order valence-electron chi connectivity index (χ2n) is 3.90. The summed E-state index contributed by atoms with van der Waals surface area (Å²) in [6.07, 6.45) is 0.910. The Hall–Kier alpha value is -0.420. The number of hydrazine groups is 1. The molecule has 0 aromatic carbocycles. The van der Waals surface area contributed by atoms with Crippen LogP contribution in [-0.4, -0.2) is 12.7 Å². The van der Waals surface area contributed by atoms with E-state index in [0.29, 0.717) is 0 Å². The summed E-state index contributed by atoms with van der Waals surface area (Å²) in [5, 5.41) is 2.08. The molecule has 1 aromatic rings. The lowest BCUT2D eigenvalue weighted by Gasteiger charge is -2.35. The van der Waals surface area contributed by atoms with Crippen molar-refractivity contribution in [3.05, 3.63) is 21.9 Å². The minimum Gasteiger partial charge on any atom is -0.376 e. The van der Waals surface area contributed by atoms with Crippen LogP contribution < -0.4 is 11.3 Å². The van der Waals surface area contributed by atoms with Gasteiger partial charge in [-0.1, -0.05) is 6.92 Å². The maximum Gasteiger partial charge on any atom is 0.0855 e. The van der Waals surface area contributed by atoms with E-state index in [0.717, 1.165) is 6.42 Å². The van der Waals surface area contributed by atoms with Gasteiger partial charge in [0.1, 0.15) is 0 Å². The number of methoxy groups -OCH3 is 1. The molecule has 3 nitrogen and oxygen atoms in total. The Labute approximate surface area is 95.6 Å². The minimum absolute atomic E-state index is 0.0405. The number of ether oxygens (including phenoxy) is 1. The van der Waals surface area contributed by atoms with Crippen molar-refractivity contribution in [3.63, 3.8) is 0 Å². The second-order valence-corrected chi connectivity index (χ2v) is 5.02. The molecule has 0 amide bonds. The Morgan fingerprint density at radius 3 is 2.67 bits per heavy atom. The van der Waals surface area contributed by atoms with E-state index in [1.165, 1.54) is 10.4 Å². The molecule has 0 spiro atoms. The highest BCUT2D eigenvalue weighted by atomic mass is 32.1. The summed E-state index contributed by atoms with van der Waals surface area (Å²) in [5.41, 5.74) is 3.84. The molecule has 2 unspecified atom stereocenters. The molecule has 0 fully saturated rings. The molecule has 0 aliphatic heterocycles. The zero-order valence-corrected chi connectivity index (χ0v) is 10.6. The van der Waals surface area contributed by atoms with Crippen molar-refractivity contribution in [2.45, 2.75) is 38.8 Å². The molecule has 86 valence electrons. The van der Waals surface area contributed by atoms with Crippen LogP contribution in [0.5, 0.6) is 0 Å². The summed E-state index contributed by atoms with van der Waals surface area (Å²) in [4.78, 5) is 1.29. The lowest BCUT2D eigenvalue weighted by Crippen LogP contribution is -2.45. The fourth-order valence-corrected chi connectivity index (χ4v) is 2.50. The van der Waals surface area contributed by atoms with E-state index in [1.807, 2.05) is 0 Å². The topological polar surface area (TPSA) is 47.3 Å². The average molecular weight is 228 g/mol. The number of hydrogen-bond acceptors (Lipinski definition) is 4. The first-order chi connectivity index (χ1) is 7.09. The van der Waals surface area contributed by atoms with Crippen molar-refractivity contribution >= 4 is 11.3 Å². The molecule has 1 rings (SSSR count). The second kappa shape index (κ2) is 5.07. The number of aryl methyl sites for hydroxylation is 1. The van der Waals surface area contributed by atoms with Crippen molar-refractivity contribution in [2.75, 3.05) is 7.11 Å². The summed E-state index contributed by atoms with van der Waals surface area (Å²) < 4.78 is 5.58. The predicted octanol–water partition coefficient (Wildman–Crippen LogP) is 2.38. The molecular formula is C11H20N2OS. The Morgan fingerprint density at radius 2 is 2.33 bits per heavy atom. The quantitative estimate of drug-likeness (QED) is 0.601. The standard InChI is InChI=1S/C11H20N2OS/c1-5-11(3,14-4)10(13-12)9-6-7-15-8(9)2/h6-7,10,13H,5,12H2,1-4H3. The first-order valence-corrected chi connectivity index (χ1v) is 6.02. The van der Waals surface area contributed by atoms with Gasteiger partial charge in [0.05, 0.1) is 11.6 Å². The molecule has 2 atom stereocenters. The number of nitrogens with two attached hydrogens (primary N) is 1. The van der Waals surface area contributed by atoms with Gasteiger partial charge < -0.3 is 4.74 Å². The number of rotatable bonds is 5. The monoisotopic (exact) mass is 228 g/mol. The van der Waals surface area contributed by atoms with Crippen molar-refractivity contribution in [1.29, 1.82) is 0 Å². The van der Waals surface area contributed by atoms with Gasteiger partial charge in [0.25, 0.3) is 0 Å². The van der Waals surface area contributed by atoms with Crippen LogP contribution in [0.25, 0.3) is 0 Å². The molecule has 0 aliphatic carbocycles. The molecule has 0 bridgehead atoms. The van der Waals surface area contributed by atoms with Gasteiger partial charge >= 0.3 is 0 Å². The van der Waals surface area contributed by atoms with Gasteiger partial charge in [-0.3, -0.25) is 11.3 Å². The summed E-state index contributed by atoms with van der Waals surface area (Å²) >= 11 is 1.73. The van der Waals surface area contributed by atoms with E-state index in [1.54, 1.807) is 18.4 Å². The van der Waals surface area contributed by atoms with Crippen LogP contribution in [0, 0.1) is 6.92 Å². The van der Waals surface area contributed by atoms with Crippen molar-refractivity contribution in [3.8, 4) is 0 Å². The molecule has 0 saturated heterocycles. The minimum atomic E-state index is -0.263. The van der Waals surface area contributed by atoms with E-state index in [-0.39, 0.29) is 11.6 Å². The van der Waals surface area contributed by atoms with Crippen LogP contribution >= 0.6 is 11.3 Å². The highest BCUT2D eigenvalue weighted by molar-refractivity contribution is 7.10. The predicted molar refractivity (Wildman–Crippen MR) is 64.8 cm³/mol. The van der Waals surface area contributed by atoms with Crippen LogP contribution in [-0.2, 0) is 4.74 Å². The van der Waals surface area contributed by atoms with Gasteiger partial charge in [-0.15, -0.1) is 11.3 Å². The van der Waals surface area contributed by atoms with Crippen molar-refractivity contribution in [1.82, 2.24) is 5.43 Å². The SMILES string of the molecule is CCC(C)(OC)C(NN)c1ccsc1C. The Morgan fingerprint density at radius 1 is 1.67 bits per heavy atom. The van der Waals surface area contributed by atoms with Gasteiger partial charge in [0.2, 0.25) is 0 Å². The molecule has 0 aliphatic rings. The maximum absolute atomic E-state index is 5.64. The zero-order valence-electron chi connectivity index (χ0n) is 9.83. The van der Waals surface area contributed by atoms with E-state index in [9.17, 15) is 0 Å². The lowest BCUT2D eigenvalue weighted by atomic mass is 9.88. The van der Waals surface area contributed by atoms with E-state index < -0.39 is 0 Å². The Bertz CT molecular complexity index is 307. The number of nitrogens with one attached hydrogen (secondary N) is 1. The first kappa shape index (κ1) is 12.6. The van der Waals surface area contributed by atoms with Gasteiger partial charge in [-0.25, -0.2) is 0 Å². The molecule has 1 aromatic heterocycles. The third-order valence-corrected chi connectivity index (χ3v) is 4.02. The number of thiophene rings is 1. The van der Waals surface area contributed by atoms with E-state index >= 15 is 0 Å². The molecule has 4 heteroatoms. The fourth-order valence-electron chi connectivity index (χ4n) is 1.76. The largest absolute Gasteiger partial charge is 0.376 e. The van der Waals surface area contributed by atoms with E-state index in [2.05, 4.69) is 37.6 Å². The third-order valence-electron chi connectivity index (χ3n) is 3.16. The Kier molecular flexibility index (Phi) is 4.28. The van der Waals surface area contributed by atoms with Crippen LogP contribution in [0.1, 0.15) is 36.8 Å². The van der Waals surface area contributed by atoms with Gasteiger partial charge in [-0.2, -0.15) is 0 Å². The molecule has 15 heavy (non-hydrogen) atoms.